The summed E-state index contributed by atoms with van der Waals surface area (Å²) in [6.45, 7) is 2.93. The summed E-state index contributed by atoms with van der Waals surface area (Å²) >= 11 is 0. The van der Waals surface area contributed by atoms with Crippen molar-refractivity contribution in [2.75, 3.05) is 6.54 Å². The SMILES string of the molecule is CCCNC(c1ccccn1)c1cc2cccc(F)c2o1. The first-order chi connectivity index (χ1) is 10.3. The Labute approximate surface area is 122 Å². The minimum absolute atomic E-state index is 0.169. The van der Waals surface area contributed by atoms with Crippen molar-refractivity contribution in [3.63, 3.8) is 0 Å². The Morgan fingerprint density at radius 3 is 2.86 bits per heavy atom. The van der Waals surface area contributed by atoms with E-state index in [2.05, 4.69) is 17.2 Å². The Balaban J connectivity index is 2.03. The molecular formula is C17H17FN2O. The van der Waals surface area contributed by atoms with E-state index in [4.69, 9.17) is 4.42 Å². The molecule has 0 saturated heterocycles. The van der Waals surface area contributed by atoms with E-state index in [1.807, 2.05) is 30.3 Å². The van der Waals surface area contributed by atoms with Gasteiger partial charge in [0.1, 0.15) is 11.8 Å². The normalized spacial score (nSPS) is 12.7. The first-order valence-electron chi connectivity index (χ1n) is 7.12. The van der Waals surface area contributed by atoms with Gasteiger partial charge in [0.15, 0.2) is 11.4 Å². The molecule has 0 aliphatic heterocycles. The minimum atomic E-state index is -0.339. The van der Waals surface area contributed by atoms with Crippen LogP contribution in [0.25, 0.3) is 11.0 Å². The summed E-state index contributed by atoms with van der Waals surface area (Å²) in [5.41, 5.74) is 1.16. The Morgan fingerprint density at radius 2 is 2.14 bits per heavy atom. The van der Waals surface area contributed by atoms with Crippen LogP contribution in [-0.2, 0) is 0 Å². The van der Waals surface area contributed by atoms with E-state index >= 15 is 0 Å². The van der Waals surface area contributed by atoms with Crippen LogP contribution in [0, 0.1) is 5.82 Å². The number of fused-ring (bicyclic) bond motifs is 1. The number of furan rings is 1. The van der Waals surface area contributed by atoms with Gasteiger partial charge in [0.05, 0.1) is 5.69 Å². The van der Waals surface area contributed by atoms with Crippen LogP contribution in [0.5, 0.6) is 0 Å². The quantitative estimate of drug-likeness (QED) is 0.768. The minimum Gasteiger partial charge on any atom is -0.456 e. The highest BCUT2D eigenvalue weighted by Crippen LogP contribution is 2.28. The lowest BCUT2D eigenvalue weighted by atomic mass is 10.1. The van der Waals surface area contributed by atoms with Crippen LogP contribution >= 0.6 is 0 Å². The van der Waals surface area contributed by atoms with Crippen LogP contribution in [0.1, 0.15) is 30.8 Å². The molecule has 1 N–H and O–H groups in total. The van der Waals surface area contributed by atoms with Crippen LogP contribution in [0.15, 0.2) is 53.1 Å². The molecule has 2 aromatic heterocycles. The van der Waals surface area contributed by atoms with Gasteiger partial charge in [0.2, 0.25) is 0 Å². The monoisotopic (exact) mass is 284 g/mol. The van der Waals surface area contributed by atoms with Crippen molar-refractivity contribution in [3.05, 3.63) is 65.9 Å². The van der Waals surface area contributed by atoms with E-state index in [1.165, 1.54) is 6.07 Å². The van der Waals surface area contributed by atoms with E-state index in [1.54, 1.807) is 12.3 Å². The summed E-state index contributed by atoms with van der Waals surface area (Å²) in [6, 6.07) is 12.4. The highest BCUT2D eigenvalue weighted by molar-refractivity contribution is 5.78. The number of halogens is 1. The topological polar surface area (TPSA) is 38.1 Å². The molecule has 0 aliphatic carbocycles. The standard InChI is InChI=1S/C17H17FN2O/c1-2-9-20-16(14-8-3-4-10-19-14)15-11-12-6-5-7-13(18)17(12)21-15/h3-8,10-11,16,20H,2,9H2,1H3. The van der Waals surface area contributed by atoms with Crippen LogP contribution in [0.4, 0.5) is 4.39 Å². The average molecular weight is 284 g/mol. The summed E-state index contributed by atoms with van der Waals surface area (Å²) in [4.78, 5) is 4.38. The fourth-order valence-electron chi connectivity index (χ4n) is 2.38. The number of hydrogen-bond acceptors (Lipinski definition) is 3. The summed E-state index contributed by atoms with van der Waals surface area (Å²) < 4.78 is 19.5. The van der Waals surface area contributed by atoms with Gasteiger partial charge in [-0.2, -0.15) is 0 Å². The zero-order valence-corrected chi connectivity index (χ0v) is 11.8. The van der Waals surface area contributed by atoms with Crippen molar-refractivity contribution in [2.24, 2.45) is 0 Å². The second kappa shape index (κ2) is 6.06. The maximum atomic E-state index is 13.8. The molecule has 0 amide bonds. The number of aromatic nitrogens is 1. The second-order valence-electron chi connectivity index (χ2n) is 4.95. The number of benzene rings is 1. The van der Waals surface area contributed by atoms with Gasteiger partial charge in [-0.05, 0) is 37.2 Å². The van der Waals surface area contributed by atoms with Crippen molar-refractivity contribution >= 4 is 11.0 Å². The number of pyridine rings is 1. The molecule has 2 heterocycles. The van der Waals surface area contributed by atoms with E-state index in [-0.39, 0.29) is 11.9 Å². The largest absolute Gasteiger partial charge is 0.456 e. The van der Waals surface area contributed by atoms with Gasteiger partial charge < -0.3 is 9.73 Å². The van der Waals surface area contributed by atoms with Crippen LogP contribution in [-0.4, -0.2) is 11.5 Å². The van der Waals surface area contributed by atoms with Crippen molar-refractivity contribution in [2.45, 2.75) is 19.4 Å². The Morgan fingerprint density at radius 1 is 1.24 bits per heavy atom. The number of hydrogen-bond donors (Lipinski definition) is 1. The molecule has 0 bridgehead atoms. The lowest BCUT2D eigenvalue weighted by Gasteiger charge is -2.15. The van der Waals surface area contributed by atoms with E-state index in [9.17, 15) is 4.39 Å². The number of nitrogens with zero attached hydrogens (tertiary/aromatic N) is 1. The van der Waals surface area contributed by atoms with Gasteiger partial charge in [0.25, 0.3) is 0 Å². The molecule has 4 heteroatoms. The van der Waals surface area contributed by atoms with E-state index in [0.717, 1.165) is 24.0 Å². The van der Waals surface area contributed by atoms with E-state index < -0.39 is 0 Å². The zero-order chi connectivity index (χ0) is 14.7. The van der Waals surface area contributed by atoms with Crippen LogP contribution in [0.2, 0.25) is 0 Å². The number of rotatable bonds is 5. The van der Waals surface area contributed by atoms with Crippen molar-refractivity contribution in [3.8, 4) is 0 Å². The molecule has 108 valence electrons. The molecule has 0 fully saturated rings. The van der Waals surface area contributed by atoms with Gasteiger partial charge in [-0.15, -0.1) is 0 Å². The molecular weight excluding hydrogens is 267 g/mol. The summed E-state index contributed by atoms with van der Waals surface area (Å²) in [5, 5.41) is 4.17. The second-order valence-corrected chi connectivity index (χ2v) is 4.95. The van der Waals surface area contributed by atoms with Crippen LogP contribution in [0.3, 0.4) is 0 Å². The Bertz CT molecular complexity index is 724. The molecule has 0 radical (unpaired) electrons. The third kappa shape index (κ3) is 2.81. The molecule has 1 atom stereocenters. The smallest absolute Gasteiger partial charge is 0.169 e. The maximum Gasteiger partial charge on any atom is 0.169 e. The highest BCUT2D eigenvalue weighted by Gasteiger charge is 2.20. The fraction of sp³-hybridized carbons (Fsp3) is 0.235. The summed E-state index contributed by atoms with van der Waals surface area (Å²) in [7, 11) is 0. The number of nitrogens with one attached hydrogen (secondary N) is 1. The molecule has 3 rings (SSSR count). The Kier molecular flexibility index (Phi) is 3.97. The predicted octanol–water partition coefficient (Wildman–Crippen LogP) is 4.06. The summed E-state index contributed by atoms with van der Waals surface area (Å²) in [6.07, 6.45) is 2.75. The van der Waals surface area contributed by atoms with Gasteiger partial charge >= 0.3 is 0 Å². The van der Waals surface area contributed by atoms with Gasteiger partial charge in [-0.3, -0.25) is 4.98 Å². The van der Waals surface area contributed by atoms with Gasteiger partial charge in [-0.25, -0.2) is 4.39 Å². The molecule has 0 aliphatic rings. The molecule has 21 heavy (non-hydrogen) atoms. The highest BCUT2D eigenvalue weighted by atomic mass is 19.1. The maximum absolute atomic E-state index is 13.8. The van der Waals surface area contributed by atoms with Gasteiger partial charge in [-0.1, -0.05) is 25.1 Å². The first kappa shape index (κ1) is 13.8. The van der Waals surface area contributed by atoms with Gasteiger partial charge in [0, 0.05) is 11.6 Å². The lowest BCUT2D eigenvalue weighted by molar-refractivity contribution is 0.454. The first-order valence-corrected chi connectivity index (χ1v) is 7.12. The molecule has 3 aromatic rings. The third-order valence-electron chi connectivity index (χ3n) is 3.38. The average Bonchev–Trinajstić information content (AvgIpc) is 2.94. The van der Waals surface area contributed by atoms with Crippen molar-refractivity contribution in [1.29, 1.82) is 0 Å². The van der Waals surface area contributed by atoms with E-state index in [0.29, 0.717) is 11.3 Å². The summed E-state index contributed by atoms with van der Waals surface area (Å²) in [5.74, 6) is 0.344. The third-order valence-corrected chi connectivity index (χ3v) is 3.38. The lowest BCUT2D eigenvalue weighted by Crippen LogP contribution is -2.23. The molecule has 1 aromatic carbocycles. The van der Waals surface area contributed by atoms with Crippen molar-refractivity contribution < 1.29 is 8.81 Å². The molecule has 0 saturated carbocycles. The molecule has 1 unspecified atom stereocenters. The molecule has 3 nitrogen and oxygen atoms in total. The van der Waals surface area contributed by atoms with Crippen LogP contribution < -0.4 is 5.32 Å². The Hall–Kier alpha value is -2.20. The number of para-hydroxylation sites is 1. The fourth-order valence-corrected chi connectivity index (χ4v) is 2.38. The molecule has 0 spiro atoms. The predicted molar refractivity (Wildman–Crippen MR) is 80.5 cm³/mol. The van der Waals surface area contributed by atoms with Crippen molar-refractivity contribution in [1.82, 2.24) is 10.3 Å². The zero-order valence-electron chi connectivity index (χ0n) is 11.8.